The first-order chi connectivity index (χ1) is 15.5. The highest BCUT2D eigenvalue weighted by molar-refractivity contribution is 5.94. The van der Waals surface area contributed by atoms with E-state index in [-0.39, 0.29) is 17.8 Å². The van der Waals surface area contributed by atoms with Crippen molar-refractivity contribution >= 4 is 17.5 Å². The average molecular weight is 426 g/mol. The standard InChI is InChI=1S/C26H23FN4O/c1-17-6-8-19(9-7-17)18(2)30-25(32)20-10-12-24(13-11-20)31-26-28-15-22(16-29-26)21-4-3-5-23(27)14-21/h3-16,18H,1-2H3,(H,30,32)(H,28,29,31)/t18-/m0/s1. The Morgan fingerprint density at radius 3 is 2.25 bits per heavy atom. The van der Waals surface area contributed by atoms with Gasteiger partial charge in [-0.15, -0.1) is 0 Å². The van der Waals surface area contributed by atoms with Gasteiger partial charge in [-0.25, -0.2) is 14.4 Å². The number of nitrogens with zero attached hydrogens (tertiary/aromatic N) is 2. The van der Waals surface area contributed by atoms with Gasteiger partial charge in [-0.05, 0) is 61.4 Å². The number of hydrogen-bond acceptors (Lipinski definition) is 4. The molecule has 3 aromatic carbocycles. The molecular formula is C26H23FN4O. The minimum atomic E-state index is -0.304. The molecule has 0 aliphatic rings. The number of aryl methyl sites for hydroxylation is 1. The second kappa shape index (κ2) is 9.39. The van der Waals surface area contributed by atoms with Crippen LogP contribution < -0.4 is 10.6 Å². The highest BCUT2D eigenvalue weighted by Gasteiger charge is 2.11. The molecule has 32 heavy (non-hydrogen) atoms. The Kier molecular flexibility index (Phi) is 6.22. The van der Waals surface area contributed by atoms with Crippen molar-refractivity contribution in [3.8, 4) is 11.1 Å². The van der Waals surface area contributed by atoms with Crippen LogP contribution >= 0.6 is 0 Å². The van der Waals surface area contributed by atoms with E-state index in [1.165, 1.54) is 17.7 Å². The first-order valence-electron chi connectivity index (χ1n) is 10.3. The number of nitrogens with one attached hydrogen (secondary N) is 2. The monoisotopic (exact) mass is 426 g/mol. The summed E-state index contributed by atoms with van der Waals surface area (Å²) >= 11 is 0. The van der Waals surface area contributed by atoms with Gasteiger partial charge in [-0.2, -0.15) is 0 Å². The molecule has 1 amide bonds. The number of benzene rings is 3. The lowest BCUT2D eigenvalue weighted by Gasteiger charge is -2.15. The van der Waals surface area contributed by atoms with Crippen LogP contribution in [0.2, 0.25) is 0 Å². The molecule has 0 aliphatic heterocycles. The van der Waals surface area contributed by atoms with E-state index >= 15 is 0 Å². The maximum atomic E-state index is 13.4. The molecule has 0 aliphatic carbocycles. The van der Waals surface area contributed by atoms with Crippen molar-refractivity contribution in [1.29, 1.82) is 0 Å². The Balaban J connectivity index is 1.38. The van der Waals surface area contributed by atoms with Gasteiger partial charge in [0.15, 0.2) is 0 Å². The first kappa shape index (κ1) is 21.2. The van der Waals surface area contributed by atoms with Gasteiger partial charge >= 0.3 is 0 Å². The van der Waals surface area contributed by atoms with E-state index in [2.05, 4.69) is 20.6 Å². The molecular weight excluding hydrogens is 403 g/mol. The van der Waals surface area contributed by atoms with Crippen LogP contribution in [-0.4, -0.2) is 15.9 Å². The fourth-order valence-electron chi connectivity index (χ4n) is 3.26. The van der Waals surface area contributed by atoms with Crippen LogP contribution in [0.5, 0.6) is 0 Å². The summed E-state index contributed by atoms with van der Waals surface area (Å²) < 4.78 is 13.4. The molecule has 0 saturated heterocycles. The molecule has 4 aromatic rings. The van der Waals surface area contributed by atoms with Crippen molar-refractivity contribution in [2.75, 3.05) is 5.32 Å². The maximum absolute atomic E-state index is 13.4. The molecule has 6 heteroatoms. The molecule has 1 atom stereocenters. The van der Waals surface area contributed by atoms with E-state index in [0.717, 1.165) is 16.8 Å². The number of hydrogen-bond donors (Lipinski definition) is 2. The zero-order valence-electron chi connectivity index (χ0n) is 17.8. The zero-order valence-corrected chi connectivity index (χ0v) is 17.8. The van der Waals surface area contributed by atoms with Crippen molar-refractivity contribution in [1.82, 2.24) is 15.3 Å². The molecule has 0 radical (unpaired) electrons. The molecule has 5 nitrogen and oxygen atoms in total. The minimum Gasteiger partial charge on any atom is -0.346 e. The van der Waals surface area contributed by atoms with Gasteiger partial charge in [0.25, 0.3) is 5.91 Å². The lowest BCUT2D eigenvalue weighted by molar-refractivity contribution is 0.0940. The highest BCUT2D eigenvalue weighted by atomic mass is 19.1. The highest BCUT2D eigenvalue weighted by Crippen LogP contribution is 2.21. The lowest BCUT2D eigenvalue weighted by atomic mass is 10.1. The molecule has 0 spiro atoms. The van der Waals surface area contributed by atoms with Gasteiger partial charge in [0.05, 0.1) is 6.04 Å². The predicted molar refractivity (Wildman–Crippen MR) is 124 cm³/mol. The second-order valence-corrected chi connectivity index (χ2v) is 7.61. The van der Waals surface area contributed by atoms with Crippen LogP contribution in [0.1, 0.15) is 34.5 Å². The topological polar surface area (TPSA) is 66.9 Å². The maximum Gasteiger partial charge on any atom is 0.251 e. The van der Waals surface area contributed by atoms with Crippen molar-refractivity contribution in [2.24, 2.45) is 0 Å². The van der Waals surface area contributed by atoms with Crippen molar-refractivity contribution < 1.29 is 9.18 Å². The number of halogens is 1. The zero-order chi connectivity index (χ0) is 22.5. The SMILES string of the molecule is Cc1ccc([C@H](C)NC(=O)c2ccc(Nc3ncc(-c4cccc(F)c4)cn3)cc2)cc1. The third-order valence-corrected chi connectivity index (χ3v) is 5.14. The summed E-state index contributed by atoms with van der Waals surface area (Å²) in [4.78, 5) is 21.2. The number of aromatic nitrogens is 2. The van der Waals surface area contributed by atoms with Gasteiger partial charge in [0.1, 0.15) is 5.82 Å². The second-order valence-electron chi connectivity index (χ2n) is 7.61. The Morgan fingerprint density at radius 1 is 0.906 bits per heavy atom. The largest absolute Gasteiger partial charge is 0.346 e. The molecule has 4 rings (SSSR count). The van der Waals surface area contributed by atoms with Gasteiger partial charge in [-0.1, -0.05) is 42.0 Å². The smallest absolute Gasteiger partial charge is 0.251 e. The van der Waals surface area contributed by atoms with Crippen LogP contribution in [0, 0.1) is 12.7 Å². The number of amides is 1. The van der Waals surface area contributed by atoms with E-state index in [0.29, 0.717) is 17.1 Å². The summed E-state index contributed by atoms with van der Waals surface area (Å²) in [6, 6.07) is 21.4. The third kappa shape index (κ3) is 5.16. The molecule has 2 N–H and O–H groups in total. The Morgan fingerprint density at radius 2 is 1.59 bits per heavy atom. The molecule has 0 fully saturated rings. The van der Waals surface area contributed by atoms with E-state index in [4.69, 9.17) is 0 Å². The van der Waals surface area contributed by atoms with Crippen LogP contribution in [0.15, 0.2) is 85.2 Å². The van der Waals surface area contributed by atoms with Crippen LogP contribution in [0.25, 0.3) is 11.1 Å². The van der Waals surface area contributed by atoms with Gasteiger partial charge in [-0.3, -0.25) is 4.79 Å². The van der Waals surface area contributed by atoms with Crippen molar-refractivity contribution in [2.45, 2.75) is 19.9 Å². The quantitative estimate of drug-likeness (QED) is 0.407. The number of anilines is 2. The average Bonchev–Trinajstić information content (AvgIpc) is 2.80. The molecule has 0 unspecified atom stereocenters. The van der Waals surface area contributed by atoms with Gasteiger partial charge in [0, 0.05) is 29.2 Å². The van der Waals surface area contributed by atoms with Crippen LogP contribution in [0.3, 0.4) is 0 Å². The molecule has 0 saturated carbocycles. The molecule has 1 aromatic heterocycles. The molecule has 1 heterocycles. The lowest BCUT2D eigenvalue weighted by Crippen LogP contribution is -2.26. The summed E-state index contributed by atoms with van der Waals surface area (Å²) in [7, 11) is 0. The summed E-state index contributed by atoms with van der Waals surface area (Å²) in [5, 5.41) is 6.12. The van der Waals surface area contributed by atoms with E-state index < -0.39 is 0 Å². The number of carbonyl (C=O) groups is 1. The normalized spacial score (nSPS) is 11.6. The van der Waals surface area contributed by atoms with E-state index in [1.807, 2.05) is 38.1 Å². The summed E-state index contributed by atoms with van der Waals surface area (Å²) in [5.74, 6) is -0.0299. The third-order valence-electron chi connectivity index (χ3n) is 5.14. The minimum absolute atomic E-state index is 0.0918. The van der Waals surface area contributed by atoms with Gasteiger partial charge in [0.2, 0.25) is 5.95 Å². The van der Waals surface area contributed by atoms with Gasteiger partial charge < -0.3 is 10.6 Å². The van der Waals surface area contributed by atoms with Crippen molar-refractivity contribution in [3.63, 3.8) is 0 Å². The van der Waals surface area contributed by atoms with Crippen molar-refractivity contribution in [3.05, 3.63) is 108 Å². The number of rotatable bonds is 6. The number of carbonyl (C=O) groups excluding carboxylic acids is 1. The summed E-state index contributed by atoms with van der Waals surface area (Å²) in [6.07, 6.45) is 3.27. The summed E-state index contributed by atoms with van der Waals surface area (Å²) in [5.41, 5.74) is 5.00. The van der Waals surface area contributed by atoms with E-state index in [9.17, 15) is 9.18 Å². The fourth-order valence-corrected chi connectivity index (χ4v) is 3.26. The van der Waals surface area contributed by atoms with E-state index in [1.54, 1.807) is 48.8 Å². The van der Waals surface area contributed by atoms with Crippen LogP contribution in [-0.2, 0) is 0 Å². The first-order valence-corrected chi connectivity index (χ1v) is 10.3. The fraction of sp³-hybridized carbons (Fsp3) is 0.115. The Bertz CT molecular complexity index is 1210. The molecule has 0 bridgehead atoms. The summed E-state index contributed by atoms with van der Waals surface area (Å²) in [6.45, 7) is 4.00. The Hall–Kier alpha value is -4.06. The predicted octanol–water partition coefficient (Wildman–Crippen LogP) is 5.83. The Labute approximate surface area is 186 Å². The molecule has 160 valence electrons. The van der Waals surface area contributed by atoms with Crippen LogP contribution in [0.4, 0.5) is 16.0 Å².